The Balaban J connectivity index is 2.33. The minimum Gasteiger partial charge on any atom is -0.352 e. The van der Waals surface area contributed by atoms with Gasteiger partial charge in [0.15, 0.2) is 0 Å². The first-order chi connectivity index (χ1) is 6.61. The van der Waals surface area contributed by atoms with E-state index < -0.39 is 0 Å². The number of hydrogen-bond donors (Lipinski definition) is 2. The zero-order valence-electron chi connectivity index (χ0n) is 9.47. The third-order valence-electron chi connectivity index (χ3n) is 3.00. The van der Waals surface area contributed by atoms with Gasteiger partial charge in [0.05, 0.1) is 6.04 Å². The molecule has 0 aliphatic carbocycles. The van der Waals surface area contributed by atoms with Gasteiger partial charge in [-0.05, 0) is 32.2 Å². The third kappa shape index (κ3) is 3.29. The van der Waals surface area contributed by atoms with Gasteiger partial charge in [-0.2, -0.15) is 0 Å². The fourth-order valence-corrected chi connectivity index (χ4v) is 1.57. The largest absolute Gasteiger partial charge is 0.352 e. The molecule has 3 nitrogen and oxygen atoms in total. The molecule has 14 heavy (non-hydrogen) atoms. The van der Waals surface area contributed by atoms with Crippen molar-refractivity contribution < 1.29 is 4.79 Å². The van der Waals surface area contributed by atoms with E-state index in [1.165, 1.54) is 12.8 Å². The molecule has 0 aromatic rings. The van der Waals surface area contributed by atoms with Gasteiger partial charge in [-0.1, -0.05) is 20.3 Å². The van der Waals surface area contributed by atoms with Crippen molar-refractivity contribution in [3.05, 3.63) is 0 Å². The SMILES string of the molecule is CC(C)C(C)NC(=O)[C@H]1CCCCN1. The maximum Gasteiger partial charge on any atom is 0.237 e. The molecule has 0 spiro atoms. The van der Waals surface area contributed by atoms with E-state index in [9.17, 15) is 4.79 Å². The van der Waals surface area contributed by atoms with E-state index in [2.05, 4.69) is 31.4 Å². The van der Waals surface area contributed by atoms with Crippen molar-refractivity contribution in [2.24, 2.45) is 5.92 Å². The smallest absolute Gasteiger partial charge is 0.237 e. The fraction of sp³-hybridized carbons (Fsp3) is 0.909. The summed E-state index contributed by atoms with van der Waals surface area (Å²) in [5.41, 5.74) is 0. The van der Waals surface area contributed by atoms with Gasteiger partial charge < -0.3 is 10.6 Å². The Bertz CT molecular complexity index is 186. The molecule has 3 heteroatoms. The van der Waals surface area contributed by atoms with E-state index in [4.69, 9.17) is 0 Å². The molecule has 1 amide bonds. The number of carbonyl (C=O) groups is 1. The van der Waals surface area contributed by atoms with Crippen molar-refractivity contribution >= 4 is 5.91 Å². The Labute approximate surface area is 86.6 Å². The maximum atomic E-state index is 11.7. The molecule has 0 saturated carbocycles. The molecule has 0 aromatic heterocycles. The summed E-state index contributed by atoms with van der Waals surface area (Å²) in [5.74, 6) is 0.674. The topological polar surface area (TPSA) is 41.1 Å². The van der Waals surface area contributed by atoms with Crippen LogP contribution < -0.4 is 10.6 Å². The van der Waals surface area contributed by atoms with E-state index in [-0.39, 0.29) is 18.0 Å². The van der Waals surface area contributed by atoms with Crippen LogP contribution in [-0.4, -0.2) is 24.5 Å². The highest BCUT2D eigenvalue weighted by atomic mass is 16.2. The molecule has 1 rings (SSSR count). The molecule has 1 heterocycles. The van der Waals surface area contributed by atoms with Crippen molar-refractivity contribution in [2.45, 2.75) is 52.1 Å². The van der Waals surface area contributed by atoms with Gasteiger partial charge in [0.2, 0.25) is 5.91 Å². The first kappa shape index (κ1) is 11.5. The van der Waals surface area contributed by atoms with Crippen molar-refractivity contribution in [2.75, 3.05) is 6.54 Å². The molecule has 1 aliphatic heterocycles. The van der Waals surface area contributed by atoms with Gasteiger partial charge in [0.1, 0.15) is 0 Å². The van der Waals surface area contributed by atoms with Gasteiger partial charge in [0.25, 0.3) is 0 Å². The first-order valence-corrected chi connectivity index (χ1v) is 5.65. The molecule has 82 valence electrons. The Morgan fingerprint density at radius 1 is 1.36 bits per heavy atom. The minimum absolute atomic E-state index is 0.0462. The highest BCUT2D eigenvalue weighted by molar-refractivity contribution is 5.82. The summed E-state index contributed by atoms with van der Waals surface area (Å²) >= 11 is 0. The van der Waals surface area contributed by atoms with Gasteiger partial charge in [-0.15, -0.1) is 0 Å². The van der Waals surface area contributed by atoms with Crippen LogP contribution in [0.2, 0.25) is 0 Å². The summed E-state index contributed by atoms with van der Waals surface area (Å²) in [6, 6.07) is 0.316. The molecule has 1 saturated heterocycles. The number of amides is 1. The molecular weight excluding hydrogens is 176 g/mol. The second-order valence-electron chi connectivity index (χ2n) is 4.54. The number of rotatable bonds is 3. The normalized spacial score (nSPS) is 24.7. The summed E-state index contributed by atoms with van der Waals surface area (Å²) in [4.78, 5) is 11.7. The van der Waals surface area contributed by atoms with Crippen LogP contribution in [0.3, 0.4) is 0 Å². The molecular formula is C11H22N2O. The average molecular weight is 198 g/mol. The summed E-state index contributed by atoms with van der Waals surface area (Å²) in [5, 5.41) is 6.30. The Morgan fingerprint density at radius 3 is 2.57 bits per heavy atom. The van der Waals surface area contributed by atoms with E-state index in [0.717, 1.165) is 13.0 Å². The van der Waals surface area contributed by atoms with Crippen LogP contribution in [-0.2, 0) is 4.79 Å². The molecule has 2 N–H and O–H groups in total. The van der Waals surface area contributed by atoms with Crippen molar-refractivity contribution in [1.82, 2.24) is 10.6 Å². The standard InChI is InChI=1S/C11H22N2O/c1-8(2)9(3)13-11(14)10-6-4-5-7-12-10/h8-10,12H,4-7H2,1-3H3,(H,13,14)/t9?,10-/m1/s1. The highest BCUT2D eigenvalue weighted by Gasteiger charge is 2.22. The van der Waals surface area contributed by atoms with Crippen LogP contribution in [0.15, 0.2) is 0 Å². The number of piperidine rings is 1. The second kappa shape index (κ2) is 5.35. The highest BCUT2D eigenvalue weighted by Crippen LogP contribution is 2.08. The van der Waals surface area contributed by atoms with Gasteiger partial charge >= 0.3 is 0 Å². The Hall–Kier alpha value is -0.570. The van der Waals surface area contributed by atoms with Crippen molar-refractivity contribution in [3.63, 3.8) is 0 Å². The van der Waals surface area contributed by atoms with Gasteiger partial charge in [-0.3, -0.25) is 4.79 Å². The Kier molecular flexibility index (Phi) is 4.39. The predicted octanol–water partition coefficient (Wildman–Crippen LogP) is 1.29. The zero-order chi connectivity index (χ0) is 10.6. The molecule has 0 radical (unpaired) electrons. The van der Waals surface area contributed by atoms with Crippen molar-refractivity contribution in [1.29, 1.82) is 0 Å². The van der Waals surface area contributed by atoms with Crippen LogP contribution in [0.25, 0.3) is 0 Å². The number of nitrogens with one attached hydrogen (secondary N) is 2. The van der Waals surface area contributed by atoms with Crippen molar-refractivity contribution in [3.8, 4) is 0 Å². The van der Waals surface area contributed by atoms with E-state index in [1.54, 1.807) is 0 Å². The summed E-state index contributed by atoms with van der Waals surface area (Å²) in [6.45, 7) is 7.29. The van der Waals surface area contributed by atoms with E-state index >= 15 is 0 Å². The lowest BCUT2D eigenvalue weighted by Crippen LogP contribution is -2.49. The first-order valence-electron chi connectivity index (χ1n) is 5.65. The summed E-state index contributed by atoms with van der Waals surface area (Å²) in [6.07, 6.45) is 3.35. The lowest BCUT2D eigenvalue weighted by molar-refractivity contribution is -0.124. The Morgan fingerprint density at radius 2 is 2.07 bits per heavy atom. The van der Waals surface area contributed by atoms with Crippen LogP contribution >= 0.6 is 0 Å². The molecule has 0 bridgehead atoms. The molecule has 1 aliphatic rings. The van der Waals surface area contributed by atoms with Crippen LogP contribution in [0.5, 0.6) is 0 Å². The average Bonchev–Trinajstić information content (AvgIpc) is 2.19. The summed E-state index contributed by atoms with van der Waals surface area (Å²) < 4.78 is 0. The maximum absolute atomic E-state index is 11.7. The fourth-order valence-electron chi connectivity index (χ4n) is 1.57. The van der Waals surface area contributed by atoms with E-state index in [1.807, 2.05) is 0 Å². The van der Waals surface area contributed by atoms with Crippen LogP contribution in [0.1, 0.15) is 40.0 Å². The predicted molar refractivity (Wildman–Crippen MR) is 58.1 cm³/mol. The molecule has 2 atom stereocenters. The number of carbonyl (C=O) groups excluding carboxylic acids is 1. The lowest BCUT2D eigenvalue weighted by atomic mass is 10.0. The molecule has 0 aromatic carbocycles. The lowest BCUT2D eigenvalue weighted by Gasteiger charge is -2.25. The molecule has 1 unspecified atom stereocenters. The molecule has 1 fully saturated rings. The van der Waals surface area contributed by atoms with Gasteiger partial charge in [0, 0.05) is 6.04 Å². The van der Waals surface area contributed by atoms with Crippen LogP contribution in [0.4, 0.5) is 0 Å². The third-order valence-corrected chi connectivity index (χ3v) is 3.00. The number of hydrogen-bond acceptors (Lipinski definition) is 2. The quantitative estimate of drug-likeness (QED) is 0.717. The summed E-state index contributed by atoms with van der Waals surface area (Å²) in [7, 11) is 0. The zero-order valence-corrected chi connectivity index (χ0v) is 9.47. The second-order valence-corrected chi connectivity index (χ2v) is 4.54. The van der Waals surface area contributed by atoms with Gasteiger partial charge in [-0.25, -0.2) is 0 Å². The minimum atomic E-state index is 0.0462. The monoisotopic (exact) mass is 198 g/mol. The van der Waals surface area contributed by atoms with Crippen LogP contribution in [0, 0.1) is 5.92 Å². The van der Waals surface area contributed by atoms with E-state index in [0.29, 0.717) is 5.92 Å².